The lowest BCUT2D eigenvalue weighted by atomic mass is 10.3. The maximum atomic E-state index is 10.3. The number of benzene rings is 1. The molecule has 0 saturated heterocycles. The Labute approximate surface area is 100 Å². The van der Waals surface area contributed by atoms with Crippen molar-refractivity contribution in [1.82, 2.24) is 0 Å². The number of carboxylic acid groups (broad SMARTS) is 1. The van der Waals surface area contributed by atoms with Gasteiger partial charge in [-0.25, -0.2) is 0 Å². The van der Waals surface area contributed by atoms with Crippen LogP contribution in [0.15, 0.2) is 16.6 Å². The molecule has 0 atom stereocenters. The van der Waals surface area contributed by atoms with Crippen LogP contribution in [0.1, 0.15) is 6.42 Å². The minimum Gasteiger partial charge on any atom is -0.490 e. The van der Waals surface area contributed by atoms with E-state index in [2.05, 4.69) is 15.9 Å². The lowest BCUT2D eigenvalue weighted by Crippen LogP contribution is -2.06. The predicted molar refractivity (Wildman–Crippen MR) is 61.3 cm³/mol. The Morgan fingerprint density at radius 2 is 2.27 bits per heavy atom. The van der Waals surface area contributed by atoms with Crippen LogP contribution in [-0.2, 0) is 4.79 Å². The van der Waals surface area contributed by atoms with Crippen LogP contribution in [-0.4, -0.2) is 17.7 Å². The summed E-state index contributed by atoms with van der Waals surface area (Å²) in [4.78, 5) is 10.3. The van der Waals surface area contributed by atoms with Gasteiger partial charge < -0.3 is 15.6 Å². The first kappa shape index (κ1) is 12.1. The molecule has 0 bridgehead atoms. The highest BCUT2D eigenvalue weighted by molar-refractivity contribution is 9.10. The van der Waals surface area contributed by atoms with Crippen LogP contribution in [0, 0.1) is 0 Å². The zero-order valence-electron chi connectivity index (χ0n) is 7.67. The van der Waals surface area contributed by atoms with Gasteiger partial charge in [0.2, 0.25) is 0 Å². The standard InChI is InChI=1S/C9H9BrClNO3/c10-6-3-5(11)4-7(12)9(6)15-2-1-8(13)14/h3-4H,1-2,12H2,(H,13,14). The van der Waals surface area contributed by atoms with Crippen molar-refractivity contribution in [3.05, 3.63) is 21.6 Å². The highest BCUT2D eigenvalue weighted by Crippen LogP contribution is 2.34. The fourth-order valence-electron chi connectivity index (χ4n) is 0.973. The van der Waals surface area contributed by atoms with Gasteiger partial charge in [-0.15, -0.1) is 0 Å². The Bertz CT molecular complexity index is 361. The van der Waals surface area contributed by atoms with E-state index in [4.69, 9.17) is 27.2 Å². The largest absolute Gasteiger partial charge is 0.490 e. The zero-order valence-corrected chi connectivity index (χ0v) is 10.0. The molecule has 0 saturated carbocycles. The fraction of sp³-hybridized carbons (Fsp3) is 0.222. The van der Waals surface area contributed by atoms with Crippen molar-refractivity contribution in [3.63, 3.8) is 0 Å². The van der Waals surface area contributed by atoms with E-state index in [9.17, 15) is 4.79 Å². The molecule has 0 heterocycles. The molecule has 1 aromatic rings. The van der Waals surface area contributed by atoms with Gasteiger partial charge in [0.15, 0.2) is 5.75 Å². The molecule has 0 amide bonds. The number of carboxylic acids is 1. The van der Waals surface area contributed by atoms with Crippen molar-refractivity contribution in [1.29, 1.82) is 0 Å². The average molecular weight is 295 g/mol. The van der Waals surface area contributed by atoms with Crippen LogP contribution in [0.5, 0.6) is 5.75 Å². The monoisotopic (exact) mass is 293 g/mol. The Morgan fingerprint density at radius 3 is 2.80 bits per heavy atom. The Kier molecular flexibility index (Phi) is 4.23. The fourth-order valence-corrected chi connectivity index (χ4v) is 1.92. The van der Waals surface area contributed by atoms with Gasteiger partial charge in [-0.3, -0.25) is 4.79 Å². The molecule has 1 rings (SSSR count). The number of hydrogen-bond donors (Lipinski definition) is 2. The van der Waals surface area contributed by atoms with Crippen molar-refractivity contribution in [3.8, 4) is 5.75 Å². The first-order valence-corrected chi connectivity index (χ1v) is 5.27. The van der Waals surface area contributed by atoms with Gasteiger partial charge in [-0.2, -0.15) is 0 Å². The third-order valence-corrected chi connectivity index (χ3v) is 2.41. The van der Waals surface area contributed by atoms with Gasteiger partial charge in [0.1, 0.15) is 0 Å². The normalized spacial score (nSPS) is 10.0. The van der Waals surface area contributed by atoms with Gasteiger partial charge in [0.05, 0.1) is 23.2 Å². The minimum absolute atomic E-state index is 0.0692. The van der Waals surface area contributed by atoms with E-state index in [0.717, 1.165) is 0 Å². The first-order chi connectivity index (χ1) is 7.00. The average Bonchev–Trinajstić information content (AvgIpc) is 2.08. The SMILES string of the molecule is Nc1cc(Cl)cc(Br)c1OCCC(=O)O. The highest BCUT2D eigenvalue weighted by atomic mass is 79.9. The molecule has 1 aromatic carbocycles. The van der Waals surface area contributed by atoms with Gasteiger partial charge in [-0.1, -0.05) is 11.6 Å². The lowest BCUT2D eigenvalue weighted by Gasteiger charge is -2.10. The number of hydrogen-bond acceptors (Lipinski definition) is 3. The summed E-state index contributed by atoms with van der Waals surface area (Å²) in [6.45, 7) is 0.0692. The van der Waals surface area contributed by atoms with Crippen LogP contribution < -0.4 is 10.5 Å². The Balaban J connectivity index is 2.72. The van der Waals surface area contributed by atoms with Gasteiger partial charge in [-0.05, 0) is 28.1 Å². The molecule has 0 fully saturated rings. The zero-order chi connectivity index (χ0) is 11.4. The highest BCUT2D eigenvalue weighted by Gasteiger charge is 2.08. The molecule has 0 spiro atoms. The van der Waals surface area contributed by atoms with Gasteiger partial charge in [0.25, 0.3) is 0 Å². The summed E-state index contributed by atoms with van der Waals surface area (Å²) >= 11 is 8.98. The molecule has 0 radical (unpaired) electrons. The van der Waals surface area contributed by atoms with E-state index in [1.54, 1.807) is 12.1 Å². The third kappa shape index (κ3) is 3.60. The summed E-state index contributed by atoms with van der Waals surface area (Å²) < 4.78 is 5.83. The smallest absolute Gasteiger partial charge is 0.306 e. The van der Waals surface area contributed by atoms with E-state index < -0.39 is 5.97 Å². The topological polar surface area (TPSA) is 72.5 Å². The second-order valence-electron chi connectivity index (χ2n) is 2.80. The molecule has 0 aliphatic heterocycles. The number of nitrogens with two attached hydrogens (primary N) is 1. The summed E-state index contributed by atoms with van der Waals surface area (Å²) in [5.74, 6) is -0.501. The van der Waals surface area contributed by atoms with Crippen LogP contribution in [0.25, 0.3) is 0 Å². The molecular weight excluding hydrogens is 285 g/mol. The molecule has 15 heavy (non-hydrogen) atoms. The summed E-state index contributed by atoms with van der Waals surface area (Å²) in [5.41, 5.74) is 6.03. The van der Waals surface area contributed by atoms with Gasteiger partial charge >= 0.3 is 5.97 Å². The van der Waals surface area contributed by atoms with Crippen molar-refractivity contribution in [2.24, 2.45) is 0 Å². The van der Waals surface area contributed by atoms with E-state index in [1.807, 2.05) is 0 Å². The molecule has 0 aromatic heterocycles. The molecule has 0 unspecified atom stereocenters. The Morgan fingerprint density at radius 1 is 1.60 bits per heavy atom. The second kappa shape index (κ2) is 5.23. The minimum atomic E-state index is -0.918. The summed E-state index contributed by atoms with van der Waals surface area (Å²) in [6.07, 6.45) is -0.0749. The first-order valence-electron chi connectivity index (χ1n) is 4.10. The number of carbonyl (C=O) groups is 1. The van der Waals surface area contributed by atoms with Crippen LogP contribution in [0.3, 0.4) is 0 Å². The van der Waals surface area contributed by atoms with Crippen LogP contribution >= 0.6 is 27.5 Å². The van der Waals surface area contributed by atoms with E-state index in [0.29, 0.717) is 20.9 Å². The van der Waals surface area contributed by atoms with Crippen molar-refractivity contribution in [2.75, 3.05) is 12.3 Å². The maximum absolute atomic E-state index is 10.3. The predicted octanol–water partition coefficient (Wildman–Crippen LogP) is 2.54. The summed E-state index contributed by atoms with van der Waals surface area (Å²) in [5, 5.41) is 8.92. The molecule has 82 valence electrons. The van der Waals surface area contributed by atoms with E-state index in [-0.39, 0.29) is 13.0 Å². The van der Waals surface area contributed by atoms with Gasteiger partial charge in [0, 0.05) is 5.02 Å². The molecule has 6 heteroatoms. The number of ether oxygens (including phenoxy) is 1. The number of anilines is 1. The van der Waals surface area contributed by atoms with Crippen molar-refractivity contribution >= 4 is 39.2 Å². The summed E-state index contributed by atoms with van der Waals surface area (Å²) in [7, 11) is 0. The summed E-state index contributed by atoms with van der Waals surface area (Å²) in [6, 6.07) is 3.18. The molecule has 0 aliphatic rings. The molecule has 3 N–H and O–H groups in total. The van der Waals surface area contributed by atoms with Crippen molar-refractivity contribution < 1.29 is 14.6 Å². The molecule has 4 nitrogen and oxygen atoms in total. The van der Waals surface area contributed by atoms with E-state index >= 15 is 0 Å². The molecule has 0 aliphatic carbocycles. The van der Waals surface area contributed by atoms with Crippen LogP contribution in [0.2, 0.25) is 5.02 Å². The second-order valence-corrected chi connectivity index (χ2v) is 4.09. The number of nitrogen functional groups attached to an aromatic ring is 1. The van der Waals surface area contributed by atoms with E-state index in [1.165, 1.54) is 0 Å². The van der Waals surface area contributed by atoms with Crippen LogP contribution in [0.4, 0.5) is 5.69 Å². The lowest BCUT2D eigenvalue weighted by molar-refractivity contribution is -0.137. The number of rotatable bonds is 4. The number of aliphatic carboxylic acids is 1. The third-order valence-electron chi connectivity index (χ3n) is 1.60. The number of halogens is 2. The quantitative estimate of drug-likeness (QED) is 0.837. The Hall–Kier alpha value is -0.940. The maximum Gasteiger partial charge on any atom is 0.306 e. The van der Waals surface area contributed by atoms with Crippen molar-refractivity contribution in [2.45, 2.75) is 6.42 Å². The molecular formula is C9H9BrClNO3.